The van der Waals surface area contributed by atoms with E-state index in [-0.39, 0.29) is 4.60 Å². The molecule has 0 aromatic carbocycles. The van der Waals surface area contributed by atoms with E-state index in [4.69, 9.17) is 5.73 Å². The van der Waals surface area contributed by atoms with Gasteiger partial charge in [0.15, 0.2) is 4.60 Å². The Balaban J connectivity index is 3.41. The number of nitrogen functional groups attached to an aromatic ring is 1. The van der Waals surface area contributed by atoms with Crippen LogP contribution in [0, 0.1) is 10.1 Å². The molecule has 5 nitrogen and oxygen atoms in total. The van der Waals surface area contributed by atoms with Crippen LogP contribution >= 0.6 is 15.9 Å². The van der Waals surface area contributed by atoms with Crippen molar-refractivity contribution in [1.82, 2.24) is 4.98 Å². The number of nitrogens with zero attached hydrogens (tertiary/aromatic N) is 2. The van der Waals surface area contributed by atoms with Gasteiger partial charge in [-0.15, -0.1) is 0 Å². The summed E-state index contributed by atoms with van der Waals surface area (Å²) in [6, 6.07) is 0. The van der Waals surface area contributed by atoms with E-state index in [2.05, 4.69) is 20.9 Å². The summed E-state index contributed by atoms with van der Waals surface area (Å²) in [6.07, 6.45) is -2.08. The number of halogens is 3. The lowest BCUT2D eigenvalue weighted by Crippen LogP contribution is -2.03. The zero-order valence-electron chi connectivity index (χ0n) is 6.58. The lowest BCUT2D eigenvalue weighted by Gasteiger charge is -2.04. The number of nitrogens with two attached hydrogens (primary N) is 1. The second-order valence-electron chi connectivity index (χ2n) is 2.32. The zero-order valence-corrected chi connectivity index (χ0v) is 8.16. The van der Waals surface area contributed by atoms with Gasteiger partial charge >= 0.3 is 5.69 Å². The Kier molecular flexibility index (Phi) is 2.94. The van der Waals surface area contributed by atoms with E-state index in [1.165, 1.54) is 0 Å². The van der Waals surface area contributed by atoms with Crippen molar-refractivity contribution in [2.24, 2.45) is 0 Å². The van der Waals surface area contributed by atoms with Gasteiger partial charge in [-0.05, 0) is 15.9 Å². The quantitative estimate of drug-likeness (QED) is 0.506. The van der Waals surface area contributed by atoms with Crippen LogP contribution in [-0.4, -0.2) is 9.91 Å². The third-order valence-electron chi connectivity index (χ3n) is 1.50. The van der Waals surface area contributed by atoms with Crippen LogP contribution < -0.4 is 5.73 Å². The molecule has 8 heteroatoms. The number of nitro groups is 1. The fourth-order valence-corrected chi connectivity index (χ4v) is 1.31. The van der Waals surface area contributed by atoms with Crippen molar-refractivity contribution < 1.29 is 13.7 Å². The van der Waals surface area contributed by atoms with Crippen molar-refractivity contribution >= 4 is 27.3 Å². The van der Waals surface area contributed by atoms with Crippen molar-refractivity contribution in [3.8, 4) is 0 Å². The number of alkyl halides is 2. The van der Waals surface area contributed by atoms with E-state index in [0.717, 1.165) is 6.20 Å². The normalized spacial score (nSPS) is 10.6. The van der Waals surface area contributed by atoms with Crippen molar-refractivity contribution in [3.05, 3.63) is 26.5 Å². The first-order valence-electron chi connectivity index (χ1n) is 3.31. The van der Waals surface area contributed by atoms with E-state index in [1.807, 2.05) is 0 Å². The van der Waals surface area contributed by atoms with Gasteiger partial charge in [-0.25, -0.2) is 13.8 Å². The largest absolute Gasteiger partial charge is 0.393 e. The van der Waals surface area contributed by atoms with Crippen molar-refractivity contribution in [2.45, 2.75) is 6.43 Å². The van der Waals surface area contributed by atoms with Gasteiger partial charge in [0.1, 0.15) is 5.69 Å². The molecule has 1 rings (SSSR count). The third-order valence-corrected chi connectivity index (χ3v) is 2.08. The van der Waals surface area contributed by atoms with Gasteiger partial charge < -0.3 is 5.73 Å². The van der Waals surface area contributed by atoms with Crippen molar-refractivity contribution in [3.63, 3.8) is 0 Å². The van der Waals surface area contributed by atoms with E-state index >= 15 is 0 Å². The van der Waals surface area contributed by atoms with Crippen LogP contribution in [0.5, 0.6) is 0 Å². The highest BCUT2D eigenvalue weighted by molar-refractivity contribution is 9.10. The minimum Gasteiger partial charge on any atom is -0.393 e. The van der Waals surface area contributed by atoms with E-state index in [0.29, 0.717) is 0 Å². The van der Waals surface area contributed by atoms with Gasteiger partial charge in [0.25, 0.3) is 6.43 Å². The van der Waals surface area contributed by atoms with E-state index in [1.54, 1.807) is 0 Å². The molecule has 14 heavy (non-hydrogen) atoms. The maximum Gasteiger partial charge on any atom is 0.325 e. The molecule has 2 N–H and O–H groups in total. The fraction of sp³-hybridized carbons (Fsp3) is 0.167. The number of pyridine rings is 1. The topological polar surface area (TPSA) is 82.0 Å². The standard InChI is InChI=1S/C6H4BrF2N3O2/c7-5-4(12(13)14)3(10)2(1-11-5)6(8)9/h1,6H,(H2,10,11). The van der Waals surface area contributed by atoms with Crippen LogP contribution in [0.4, 0.5) is 20.2 Å². The Labute approximate surface area is 85.2 Å². The predicted octanol–water partition coefficient (Wildman–Crippen LogP) is 2.27. The third kappa shape index (κ3) is 1.79. The van der Waals surface area contributed by atoms with Crippen molar-refractivity contribution in [2.75, 3.05) is 5.73 Å². The first-order valence-corrected chi connectivity index (χ1v) is 4.11. The molecule has 1 aromatic heterocycles. The van der Waals surface area contributed by atoms with Crippen LogP contribution in [0.25, 0.3) is 0 Å². The number of anilines is 1. The molecule has 0 saturated carbocycles. The summed E-state index contributed by atoms with van der Waals surface area (Å²) in [4.78, 5) is 13.0. The molecule has 0 radical (unpaired) electrons. The maximum atomic E-state index is 12.2. The molecule has 0 spiro atoms. The summed E-state index contributed by atoms with van der Waals surface area (Å²) < 4.78 is 24.3. The fourth-order valence-electron chi connectivity index (χ4n) is 0.852. The van der Waals surface area contributed by atoms with E-state index in [9.17, 15) is 18.9 Å². The Bertz CT molecular complexity index is 386. The molecule has 1 aromatic rings. The van der Waals surface area contributed by atoms with Gasteiger partial charge in [-0.3, -0.25) is 10.1 Å². The van der Waals surface area contributed by atoms with Crippen LogP contribution in [0.15, 0.2) is 10.8 Å². The smallest absolute Gasteiger partial charge is 0.325 e. The minimum atomic E-state index is -2.88. The zero-order chi connectivity index (χ0) is 10.9. The highest BCUT2D eigenvalue weighted by atomic mass is 79.9. The van der Waals surface area contributed by atoms with Gasteiger partial charge in [-0.1, -0.05) is 0 Å². The first kappa shape index (κ1) is 10.8. The number of hydrogen-bond acceptors (Lipinski definition) is 4. The molecule has 0 aliphatic carbocycles. The van der Waals surface area contributed by atoms with Gasteiger partial charge in [0.2, 0.25) is 0 Å². The Morgan fingerprint density at radius 3 is 2.64 bits per heavy atom. The summed E-state index contributed by atoms with van der Waals surface area (Å²) >= 11 is 2.75. The highest BCUT2D eigenvalue weighted by Crippen LogP contribution is 2.35. The summed E-state index contributed by atoms with van der Waals surface area (Å²) in [5, 5.41) is 10.4. The number of aromatic nitrogens is 1. The molecule has 0 fully saturated rings. The van der Waals surface area contributed by atoms with Crippen LogP contribution in [0.1, 0.15) is 12.0 Å². The molecular formula is C6H4BrF2N3O2. The number of rotatable bonds is 2. The van der Waals surface area contributed by atoms with Crippen LogP contribution in [0.2, 0.25) is 0 Å². The highest BCUT2D eigenvalue weighted by Gasteiger charge is 2.24. The maximum absolute atomic E-state index is 12.2. The minimum absolute atomic E-state index is 0.163. The average Bonchev–Trinajstić information content (AvgIpc) is 2.02. The molecule has 1 heterocycles. The second kappa shape index (κ2) is 3.82. The summed E-state index contributed by atoms with van der Waals surface area (Å²) in [5.74, 6) is 0. The van der Waals surface area contributed by atoms with Gasteiger partial charge in [0, 0.05) is 6.20 Å². The molecule has 0 atom stereocenters. The van der Waals surface area contributed by atoms with Gasteiger partial charge in [0.05, 0.1) is 10.5 Å². The lowest BCUT2D eigenvalue weighted by molar-refractivity contribution is -0.385. The molecule has 0 bridgehead atoms. The molecular weight excluding hydrogens is 264 g/mol. The molecule has 0 aliphatic rings. The molecule has 76 valence electrons. The Morgan fingerprint density at radius 2 is 2.21 bits per heavy atom. The molecule has 0 unspecified atom stereocenters. The van der Waals surface area contributed by atoms with Crippen molar-refractivity contribution in [1.29, 1.82) is 0 Å². The summed E-state index contributed by atoms with van der Waals surface area (Å²) in [6.45, 7) is 0. The average molecular weight is 268 g/mol. The monoisotopic (exact) mass is 267 g/mol. The molecule has 0 amide bonds. The molecule has 0 saturated heterocycles. The van der Waals surface area contributed by atoms with Gasteiger partial charge in [-0.2, -0.15) is 0 Å². The molecule has 0 aliphatic heterocycles. The summed E-state index contributed by atoms with van der Waals surface area (Å²) in [5.41, 5.74) is 3.36. The first-order chi connectivity index (χ1) is 6.45. The summed E-state index contributed by atoms with van der Waals surface area (Å²) in [7, 11) is 0. The lowest BCUT2D eigenvalue weighted by atomic mass is 10.2. The Hall–Kier alpha value is -1.31. The van der Waals surface area contributed by atoms with Crippen LogP contribution in [-0.2, 0) is 0 Å². The second-order valence-corrected chi connectivity index (χ2v) is 3.08. The number of hydrogen-bond donors (Lipinski definition) is 1. The predicted molar refractivity (Wildman–Crippen MR) is 48.0 cm³/mol. The SMILES string of the molecule is Nc1c(C(F)F)cnc(Br)c1[N+](=O)[O-]. The van der Waals surface area contributed by atoms with E-state index < -0.39 is 28.3 Å². The van der Waals surface area contributed by atoms with Crippen LogP contribution in [0.3, 0.4) is 0 Å². The Morgan fingerprint density at radius 1 is 1.64 bits per heavy atom.